The molecule has 0 saturated heterocycles. The molecule has 7 rings (SSSR count). The summed E-state index contributed by atoms with van der Waals surface area (Å²) in [4.78, 5) is 31.2. The molecule has 1 fully saturated rings. The van der Waals surface area contributed by atoms with Crippen LogP contribution in [-0.4, -0.2) is 29.6 Å². The van der Waals surface area contributed by atoms with E-state index in [1.165, 1.54) is 19.3 Å². The highest BCUT2D eigenvalue weighted by Crippen LogP contribution is 2.56. The highest BCUT2D eigenvalue weighted by Gasteiger charge is 2.50. The van der Waals surface area contributed by atoms with Crippen molar-refractivity contribution in [3.05, 3.63) is 93.3 Å². The number of ketones is 2. The van der Waals surface area contributed by atoms with Gasteiger partial charge in [-0.25, -0.2) is 0 Å². The van der Waals surface area contributed by atoms with E-state index in [2.05, 4.69) is 56.9 Å². The molecular weight excluding hydrogens is 606 g/mol. The van der Waals surface area contributed by atoms with Crippen LogP contribution in [0.25, 0.3) is 10.8 Å². The minimum absolute atomic E-state index is 0.137. The van der Waals surface area contributed by atoms with Crippen molar-refractivity contribution in [3.8, 4) is 11.5 Å². The summed E-state index contributed by atoms with van der Waals surface area (Å²) in [6.45, 7) is 9.12. The molecule has 0 radical (unpaired) electrons. The van der Waals surface area contributed by atoms with Gasteiger partial charge in [0.15, 0.2) is 23.1 Å². The topological polar surface area (TPSA) is 55.8 Å². The molecule has 6 heteroatoms. The SMILES string of the molecule is COc1cc(C2C3=C(CC(C)(C)CC3=O)N(C3CCCCC3)C3=C2C(=O)CC(C)(C)C3)cc(Cl)c1OCc1cccc2ccccc12. The van der Waals surface area contributed by atoms with Gasteiger partial charge in [0.05, 0.1) is 12.1 Å². The Kier molecular flexibility index (Phi) is 8.27. The predicted octanol–water partition coefficient (Wildman–Crippen LogP) is 10.1. The van der Waals surface area contributed by atoms with Crippen molar-refractivity contribution < 1.29 is 19.1 Å². The minimum Gasteiger partial charge on any atom is -0.493 e. The maximum atomic E-state index is 14.3. The van der Waals surface area contributed by atoms with Crippen molar-refractivity contribution in [2.45, 2.75) is 104 Å². The Bertz CT molecular complexity index is 1770. The van der Waals surface area contributed by atoms with Crippen molar-refractivity contribution in [2.24, 2.45) is 10.8 Å². The van der Waals surface area contributed by atoms with Crippen LogP contribution in [0.2, 0.25) is 5.02 Å². The number of benzene rings is 3. The van der Waals surface area contributed by atoms with Crippen molar-refractivity contribution >= 4 is 33.9 Å². The molecule has 0 spiro atoms. The second-order valence-electron chi connectivity index (χ2n) is 15.7. The van der Waals surface area contributed by atoms with Crippen LogP contribution in [0.1, 0.15) is 103 Å². The number of hydrogen-bond acceptors (Lipinski definition) is 5. The molecule has 1 saturated carbocycles. The van der Waals surface area contributed by atoms with E-state index in [1.54, 1.807) is 7.11 Å². The number of Topliss-reactive ketones (excluding diaryl/α,β-unsaturated/α-hetero) is 2. The second-order valence-corrected chi connectivity index (χ2v) is 16.1. The molecular formula is C41H46ClNO4. The monoisotopic (exact) mass is 651 g/mol. The molecule has 1 aliphatic heterocycles. The summed E-state index contributed by atoms with van der Waals surface area (Å²) in [7, 11) is 1.61. The van der Waals surface area contributed by atoms with Crippen LogP contribution in [0.4, 0.5) is 0 Å². The third-order valence-electron chi connectivity index (χ3n) is 10.7. The Morgan fingerprint density at radius 1 is 0.809 bits per heavy atom. The van der Waals surface area contributed by atoms with E-state index in [1.807, 2.05) is 30.3 Å². The van der Waals surface area contributed by atoms with Crippen LogP contribution >= 0.6 is 11.6 Å². The number of carbonyl (C=O) groups is 2. The highest BCUT2D eigenvalue weighted by atomic mass is 35.5. The molecule has 0 bridgehead atoms. The summed E-state index contributed by atoms with van der Waals surface area (Å²) in [6, 6.07) is 18.6. The lowest BCUT2D eigenvalue weighted by Gasteiger charge is -2.52. The zero-order valence-corrected chi connectivity index (χ0v) is 29.1. The second kappa shape index (κ2) is 12.1. The molecule has 4 aliphatic rings. The lowest BCUT2D eigenvalue weighted by atomic mass is 9.63. The van der Waals surface area contributed by atoms with E-state index in [0.29, 0.717) is 42.0 Å². The van der Waals surface area contributed by atoms with Crippen LogP contribution in [-0.2, 0) is 16.2 Å². The van der Waals surface area contributed by atoms with E-state index in [9.17, 15) is 9.59 Å². The van der Waals surface area contributed by atoms with Gasteiger partial charge in [0.1, 0.15) is 6.61 Å². The zero-order valence-electron chi connectivity index (χ0n) is 28.4. The van der Waals surface area contributed by atoms with Crippen LogP contribution in [0, 0.1) is 10.8 Å². The van der Waals surface area contributed by atoms with Gasteiger partial charge in [0.25, 0.3) is 0 Å². The molecule has 246 valence electrons. The number of nitrogens with zero attached hydrogens (tertiary/aromatic N) is 1. The fourth-order valence-electron chi connectivity index (χ4n) is 8.72. The first kappa shape index (κ1) is 32.0. The Labute approximate surface area is 284 Å². The van der Waals surface area contributed by atoms with E-state index in [4.69, 9.17) is 21.1 Å². The van der Waals surface area contributed by atoms with E-state index >= 15 is 0 Å². The first-order valence-electron chi connectivity index (χ1n) is 17.2. The number of carbonyl (C=O) groups excluding carboxylic acids is 2. The fourth-order valence-corrected chi connectivity index (χ4v) is 9.00. The average molecular weight is 652 g/mol. The highest BCUT2D eigenvalue weighted by molar-refractivity contribution is 6.32. The summed E-state index contributed by atoms with van der Waals surface area (Å²) >= 11 is 7.06. The first-order chi connectivity index (χ1) is 22.5. The van der Waals surface area contributed by atoms with Crippen molar-refractivity contribution in [3.63, 3.8) is 0 Å². The standard InChI is InChI=1S/C41H46ClNO4/c1-40(2)20-31-37(33(44)22-40)36(38-32(21-41(3,4)23-34(38)45)43(31)28-15-7-6-8-16-28)27-18-30(42)39(35(19-27)46-5)47-24-26-14-11-13-25-12-9-10-17-29(25)26/h9-14,17-19,28,36H,6-8,15-16,20-24H2,1-5H3. The Balaban J connectivity index is 1.35. The Hall–Kier alpha value is -3.57. The maximum Gasteiger partial charge on any atom is 0.180 e. The molecule has 5 nitrogen and oxygen atoms in total. The van der Waals surface area contributed by atoms with E-state index in [0.717, 1.165) is 70.1 Å². The number of halogens is 1. The van der Waals surface area contributed by atoms with Crippen molar-refractivity contribution in [1.29, 1.82) is 0 Å². The number of rotatable bonds is 6. The first-order valence-corrected chi connectivity index (χ1v) is 17.6. The minimum atomic E-state index is -0.481. The molecule has 3 aromatic rings. The molecule has 1 heterocycles. The average Bonchev–Trinajstić information content (AvgIpc) is 3.02. The molecule has 0 aromatic heterocycles. The molecule has 47 heavy (non-hydrogen) atoms. The van der Waals surface area contributed by atoms with E-state index < -0.39 is 5.92 Å². The lowest BCUT2D eigenvalue weighted by molar-refractivity contribution is -0.119. The van der Waals surface area contributed by atoms with Crippen LogP contribution in [0.3, 0.4) is 0 Å². The van der Waals surface area contributed by atoms with Gasteiger partial charge in [-0.05, 0) is 70.5 Å². The van der Waals surface area contributed by atoms with Gasteiger partial charge in [0, 0.05) is 47.3 Å². The fraction of sp³-hybridized carbons (Fsp3) is 0.463. The Morgan fingerprint density at radius 2 is 1.43 bits per heavy atom. The summed E-state index contributed by atoms with van der Waals surface area (Å²) in [5.74, 6) is 0.751. The summed E-state index contributed by atoms with van der Waals surface area (Å²) in [5, 5.41) is 2.68. The van der Waals surface area contributed by atoms with Crippen molar-refractivity contribution in [1.82, 2.24) is 4.90 Å². The lowest BCUT2D eigenvalue weighted by Crippen LogP contribution is -2.48. The molecule has 3 aromatic carbocycles. The maximum absolute atomic E-state index is 14.3. The molecule has 0 N–H and O–H groups in total. The van der Waals surface area contributed by atoms with Crippen LogP contribution < -0.4 is 9.47 Å². The summed E-state index contributed by atoms with van der Waals surface area (Å²) in [6.07, 6.45) is 8.31. The zero-order chi connectivity index (χ0) is 33.1. The van der Waals surface area contributed by atoms with Gasteiger partial charge < -0.3 is 14.4 Å². The predicted molar refractivity (Wildman–Crippen MR) is 188 cm³/mol. The van der Waals surface area contributed by atoms with E-state index in [-0.39, 0.29) is 22.4 Å². The summed E-state index contributed by atoms with van der Waals surface area (Å²) in [5.41, 5.74) is 5.36. The van der Waals surface area contributed by atoms with Crippen molar-refractivity contribution in [2.75, 3.05) is 7.11 Å². The number of ether oxygens (including phenoxy) is 2. The quantitative estimate of drug-likeness (QED) is 0.265. The third-order valence-corrected chi connectivity index (χ3v) is 11.0. The third kappa shape index (κ3) is 5.90. The van der Waals surface area contributed by atoms with Gasteiger partial charge in [-0.2, -0.15) is 0 Å². The number of hydrogen-bond donors (Lipinski definition) is 0. The van der Waals surface area contributed by atoms with Gasteiger partial charge in [-0.15, -0.1) is 0 Å². The van der Waals surface area contributed by atoms with Gasteiger partial charge in [-0.1, -0.05) is 101 Å². The smallest absolute Gasteiger partial charge is 0.180 e. The Morgan fingerprint density at radius 3 is 2.06 bits per heavy atom. The number of allylic oxidation sites excluding steroid dienone is 4. The molecule has 3 aliphatic carbocycles. The summed E-state index contributed by atoms with van der Waals surface area (Å²) < 4.78 is 12.3. The van der Waals surface area contributed by atoms with Gasteiger partial charge >= 0.3 is 0 Å². The molecule has 0 amide bonds. The number of methoxy groups -OCH3 is 1. The van der Waals surface area contributed by atoms with Gasteiger partial charge in [0.2, 0.25) is 0 Å². The molecule has 0 atom stereocenters. The van der Waals surface area contributed by atoms with Crippen LogP contribution in [0.15, 0.2) is 77.1 Å². The van der Waals surface area contributed by atoms with Gasteiger partial charge in [-0.3, -0.25) is 9.59 Å². The molecule has 0 unspecified atom stereocenters. The number of fused-ring (bicyclic) bond motifs is 1. The van der Waals surface area contributed by atoms with Crippen LogP contribution in [0.5, 0.6) is 11.5 Å². The largest absolute Gasteiger partial charge is 0.493 e. The normalized spacial score (nSPS) is 21.6.